The summed E-state index contributed by atoms with van der Waals surface area (Å²) in [5, 5.41) is 9.71. The van der Waals surface area contributed by atoms with Gasteiger partial charge in [-0.3, -0.25) is 14.5 Å². The fraction of sp³-hybridized carbons (Fsp3) is 0.200. The molecule has 0 atom stereocenters. The number of nitrogens with zero attached hydrogens (tertiary/aromatic N) is 1. The number of ether oxygens (including phenoxy) is 1. The summed E-state index contributed by atoms with van der Waals surface area (Å²) in [6.07, 6.45) is 1.63. The first-order valence-electron chi connectivity index (χ1n) is 8.35. The number of hydrogen-bond acceptors (Lipinski definition) is 5. The van der Waals surface area contributed by atoms with Crippen molar-refractivity contribution in [2.45, 2.75) is 20.4 Å². The van der Waals surface area contributed by atoms with Gasteiger partial charge >= 0.3 is 0 Å². The number of phenols is 1. The molecule has 5 nitrogen and oxygen atoms in total. The van der Waals surface area contributed by atoms with Crippen LogP contribution in [0.3, 0.4) is 0 Å². The van der Waals surface area contributed by atoms with Crippen molar-refractivity contribution < 1.29 is 19.4 Å². The van der Waals surface area contributed by atoms with E-state index >= 15 is 0 Å². The summed E-state index contributed by atoms with van der Waals surface area (Å²) in [7, 11) is 0. The Morgan fingerprint density at radius 2 is 1.93 bits per heavy atom. The zero-order valence-corrected chi connectivity index (χ0v) is 17.3. The Bertz CT molecular complexity index is 924. The molecule has 3 rings (SSSR count). The molecule has 0 radical (unpaired) electrons. The van der Waals surface area contributed by atoms with Gasteiger partial charge in [-0.2, -0.15) is 0 Å². The fourth-order valence-electron chi connectivity index (χ4n) is 2.61. The lowest BCUT2D eigenvalue weighted by atomic mass is 10.1. The monoisotopic (exact) mass is 447 g/mol. The molecule has 140 valence electrons. The highest BCUT2D eigenvalue weighted by Gasteiger charge is 2.35. The van der Waals surface area contributed by atoms with E-state index in [2.05, 4.69) is 15.9 Å². The summed E-state index contributed by atoms with van der Waals surface area (Å²) in [6.45, 7) is 4.44. The van der Waals surface area contributed by atoms with Crippen molar-refractivity contribution >= 4 is 44.9 Å². The molecule has 2 aromatic rings. The molecule has 1 heterocycles. The second-order valence-electron chi connectivity index (χ2n) is 6.04. The van der Waals surface area contributed by atoms with Gasteiger partial charge in [0.25, 0.3) is 11.1 Å². The number of thioether (sulfide) groups is 1. The lowest BCUT2D eigenvalue weighted by Crippen LogP contribution is -2.27. The van der Waals surface area contributed by atoms with Gasteiger partial charge in [0, 0.05) is 0 Å². The number of halogens is 1. The van der Waals surface area contributed by atoms with Crippen molar-refractivity contribution in [2.24, 2.45) is 0 Å². The molecule has 2 aromatic carbocycles. The molecule has 0 spiro atoms. The Morgan fingerprint density at radius 1 is 1.22 bits per heavy atom. The van der Waals surface area contributed by atoms with Crippen LogP contribution in [0.4, 0.5) is 4.79 Å². The fourth-order valence-corrected chi connectivity index (χ4v) is 3.90. The Hall–Kier alpha value is -2.25. The van der Waals surface area contributed by atoms with Crippen LogP contribution in [0.5, 0.6) is 11.5 Å². The minimum absolute atomic E-state index is 0.00137. The minimum Gasteiger partial charge on any atom is -0.503 e. The second kappa shape index (κ2) is 8.19. The average Bonchev–Trinajstić information content (AvgIpc) is 2.88. The number of benzene rings is 2. The number of hydrogen-bond donors (Lipinski definition) is 1. The summed E-state index contributed by atoms with van der Waals surface area (Å²) in [6, 6.07) is 11.0. The number of rotatable bonds is 5. The van der Waals surface area contributed by atoms with E-state index in [-0.39, 0.29) is 23.4 Å². The van der Waals surface area contributed by atoms with Crippen molar-refractivity contribution in [3.05, 3.63) is 62.5 Å². The summed E-state index contributed by atoms with van der Waals surface area (Å²) in [4.78, 5) is 26.6. The predicted molar refractivity (Wildman–Crippen MR) is 110 cm³/mol. The molecule has 0 bridgehead atoms. The second-order valence-corrected chi connectivity index (χ2v) is 7.88. The van der Waals surface area contributed by atoms with Gasteiger partial charge in [0.1, 0.15) is 0 Å². The highest BCUT2D eigenvalue weighted by molar-refractivity contribution is 9.10. The average molecular weight is 448 g/mol. The van der Waals surface area contributed by atoms with Crippen LogP contribution in [0, 0.1) is 6.92 Å². The molecule has 1 fully saturated rings. The quantitative estimate of drug-likeness (QED) is 0.645. The molecule has 7 heteroatoms. The highest BCUT2D eigenvalue weighted by atomic mass is 79.9. The largest absolute Gasteiger partial charge is 0.503 e. The van der Waals surface area contributed by atoms with Crippen LogP contribution in [-0.4, -0.2) is 27.8 Å². The van der Waals surface area contributed by atoms with Crippen LogP contribution in [-0.2, 0) is 11.3 Å². The van der Waals surface area contributed by atoms with Crippen molar-refractivity contribution in [3.63, 3.8) is 0 Å². The standard InChI is InChI=1S/C20H18BrNO4S/c1-3-26-16-9-14(8-15(21)18(16)23)10-17-19(24)22(20(25)27-17)11-13-6-4-12(2)5-7-13/h4-10,23H,3,11H2,1-2H3/b17-10-. The molecule has 0 saturated carbocycles. The van der Waals surface area contributed by atoms with E-state index in [0.29, 0.717) is 27.3 Å². The van der Waals surface area contributed by atoms with Crippen LogP contribution in [0.1, 0.15) is 23.6 Å². The maximum absolute atomic E-state index is 12.7. The molecule has 0 aromatic heterocycles. The van der Waals surface area contributed by atoms with E-state index in [4.69, 9.17) is 4.74 Å². The molecule has 27 heavy (non-hydrogen) atoms. The zero-order valence-electron chi connectivity index (χ0n) is 14.9. The number of carbonyl (C=O) groups excluding carboxylic acids is 2. The third kappa shape index (κ3) is 4.36. The normalized spacial score (nSPS) is 15.7. The number of amides is 2. The van der Waals surface area contributed by atoms with E-state index in [1.807, 2.05) is 38.1 Å². The summed E-state index contributed by atoms with van der Waals surface area (Å²) >= 11 is 4.19. The van der Waals surface area contributed by atoms with Crippen LogP contribution in [0.25, 0.3) is 6.08 Å². The lowest BCUT2D eigenvalue weighted by molar-refractivity contribution is -0.123. The van der Waals surface area contributed by atoms with Crippen molar-refractivity contribution in [2.75, 3.05) is 6.61 Å². The van der Waals surface area contributed by atoms with Crippen LogP contribution in [0.2, 0.25) is 0 Å². The molecular formula is C20H18BrNO4S. The molecule has 1 N–H and O–H groups in total. The van der Waals surface area contributed by atoms with E-state index in [0.717, 1.165) is 22.9 Å². The van der Waals surface area contributed by atoms with E-state index in [9.17, 15) is 14.7 Å². The van der Waals surface area contributed by atoms with Gasteiger partial charge in [-0.05, 0) is 70.9 Å². The number of imide groups is 1. The molecule has 0 unspecified atom stereocenters. The third-order valence-electron chi connectivity index (χ3n) is 3.98. The number of aryl methyl sites for hydroxylation is 1. The maximum atomic E-state index is 12.7. The number of phenolic OH excluding ortho intramolecular Hbond substituents is 1. The van der Waals surface area contributed by atoms with Crippen LogP contribution >= 0.6 is 27.7 Å². The first kappa shape index (κ1) is 19.5. The first-order valence-corrected chi connectivity index (χ1v) is 9.96. The predicted octanol–water partition coefficient (Wildman–Crippen LogP) is 5.10. The number of carbonyl (C=O) groups is 2. The minimum atomic E-state index is -0.326. The van der Waals surface area contributed by atoms with Crippen LogP contribution in [0.15, 0.2) is 45.8 Å². The summed E-state index contributed by atoms with van der Waals surface area (Å²) in [5.41, 5.74) is 2.68. The maximum Gasteiger partial charge on any atom is 0.293 e. The highest BCUT2D eigenvalue weighted by Crippen LogP contribution is 2.38. The third-order valence-corrected chi connectivity index (χ3v) is 5.50. The molecule has 1 saturated heterocycles. The molecule has 1 aliphatic rings. The summed E-state index contributed by atoms with van der Waals surface area (Å²) < 4.78 is 5.86. The van der Waals surface area contributed by atoms with Gasteiger partial charge < -0.3 is 9.84 Å². The zero-order chi connectivity index (χ0) is 19.6. The Balaban J connectivity index is 1.85. The Morgan fingerprint density at radius 3 is 2.59 bits per heavy atom. The topological polar surface area (TPSA) is 66.8 Å². The van der Waals surface area contributed by atoms with E-state index in [1.165, 1.54) is 4.90 Å². The smallest absolute Gasteiger partial charge is 0.293 e. The van der Waals surface area contributed by atoms with Gasteiger partial charge in [0.05, 0.1) is 22.5 Å². The van der Waals surface area contributed by atoms with Crippen LogP contribution < -0.4 is 4.74 Å². The molecule has 0 aliphatic carbocycles. The van der Waals surface area contributed by atoms with Crippen molar-refractivity contribution in [1.82, 2.24) is 4.90 Å². The number of aromatic hydroxyl groups is 1. The van der Waals surface area contributed by atoms with Gasteiger partial charge in [-0.25, -0.2) is 0 Å². The van der Waals surface area contributed by atoms with Gasteiger partial charge in [-0.1, -0.05) is 29.8 Å². The Kier molecular flexibility index (Phi) is 5.92. The van der Waals surface area contributed by atoms with Gasteiger partial charge in [0.2, 0.25) is 0 Å². The van der Waals surface area contributed by atoms with E-state index in [1.54, 1.807) is 18.2 Å². The SMILES string of the molecule is CCOc1cc(/C=C2\SC(=O)N(Cc3ccc(C)cc3)C2=O)cc(Br)c1O. The van der Waals surface area contributed by atoms with Crippen molar-refractivity contribution in [3.8, 4) is 11.5 Å². The molecule has 2 amide bonds. The molecular weight excluding hydrogens is 430 g/mol. The van der Waals surface area contributed by atoms with Gasteiger partial charge in [-0.15, -0.1) is 0 Å². The van der Waals surface area contributed by atoms with E-state index < -0.39 is 0 Å². The van der Waals surface area contributed by atoms with Crippen molar-refractivity contribution in [1.29, 1.82) is 0 Å². The Labute approximate surface area is 170 Å². The molecule has 1 aliphatic heterocycles. The first-order chi connectivity index (χ1) is 12.9. The lowest BCUT2D eigenvalue weighted by Gasteiger charge is -2.12. The summed E-state index contributed by atoms with van der Waals surface area (Å²) in [5.74, 6) is -0.00813. The van der Waals surface area contributed by atoms with Gasteiger partial charge in [0.15, 0.2) is 11.5 Å².